The molecule has 1 aromatic rings. The summed E-state index contributed by atoms with van der Waals surface area (Å²) in [6.07, 6.45) is 0.662. The van der Waals surface area contributed by atoms with E-state index in [-0.39, 0.29) is 0 Å². The van der Waals surface area contributed by atoms with Gasteiger partial charge < -0.3 is 13.3 Å². The Labute approximate surface area is 106 Å². The molecule has 1 aromatic carbocycles. The Kier molecular flexibility index (Phi) is 4.94. The highest BCUT2D eigenvalue weighted by atomic mass is 28.4. The first-order chi connectivity index (χ1) is 7.85. The van der Waals surface area contributed by atoms with Crippen molar-refractivity contribution in [2.75, 3.05) is 13.3 Å². The molecule has 17 heavy (non-hydrogen) atoms. The maximum Gasteiger partial charge on any atom is 0.331 e. The van der Waals surface area contributed by atoms with Crippen molar-refractivity contribution in [2.45, 2.75) is 26.2 Å². The van der Waals surface area contributed by atoms with Gasteiger partial charge in [-0.15, -0.1) is 0 Å². The van der Waals surface area contributed by atoms with Crippen LogP contribution in [0.4, 0.5) is 0 Å². The molecule has 0 spiro atoms. The second-order valence-corrected chi connectivity index (χ2v) is 12.6. The summed E-state index contributed by atoms with van der Waals surface area (Å²) in [5.41, 5.74) is 0. The maximum atomic E-state index is 6.02. The van der Waals surface area contributed by atoms with Crippen LogP contribution in [-0.4, -0.2) is 30.2 Å². The Hall–Kier alpha value is -0.626. The molecule has 0 aliphatic heterocycles. The Morgan fingerprint density at radius 1 is 1.00 bits per heavy atom. The van der Waals surface area contributed by atoms with E-state index in [1.807, 2.05) is 43.4 Å². The van der Waals surface area contributed by atoms with Crippen molar-refractivity contribution < 1.29 is 13.3 Å². The van der Waals surface area contributed by atoms with Crippen LogP contribution >= 0.6 is 0 Å². The Morgan fingerprint density at radius 2 is 1.59 bits per heavy atom. The van der Waals surface area contributed by atoms with Crippen LogP contribution < -0.4 is 4.43 Å². The quantitative estimate of drug-likeness (QED) is 0.743. The third kappa shape index (κ3) is 5.49. The van der Waals surface area contributed by atoms with E-state index < -0.39 is 16.9 Å². The van der Waals surface area contributed by atoms with Crippen LogP contribution in [0.1, 0.15) is 0 Å². The van der Waals surface area contributed by atoms with Gasteiger partial charge in [-0.2, -0.15) is 0 Å². The topological polar surface area (TPSA) is 27.7 Å². The minimum Gasteiger partial charge on any atom is -0.542 e. The van der Waals surface area contributed by atoms with Gasteiger partial charge in [-0.25, -0.2) is 0 Å². The van der Waals surface area contributed by atoms with Crippen LogP contribution in [-0.2, 0) is 8.85 Å². The van der Waals surface area contributed by atoms with E-state index >= 15 is 0 Å². The van der Waals surface area contributed by atoms with Crippen molar-refractivity contribution in [3.05, 3.63) is 30.3 Å². The number of hydrogen-bond acceptors (Lipinski definition) is 3. The molecule has 0 saturated heterocycles. The number of para-hydroxylation sites is 1. The predicted octanol–water partition coefficient (Wildman–Crippen LogP) is 3.17. The third-order valence-electron chi connectivity index (χ3n) is 2.40. The van der Waals surface area contributed by atoms with Crippen molar-refractivity contribution >= 4 is 16.9 Å². The second-order valence-electron chi connectivity index (χ2n) is 5.07. The lowest BCUT2D eigenvalue weighted by molar-refractivity contribution is 0.233. The molecule has 0 bridgehead atoms. The minimum atomic E-state index is -1.95. The fraction of sp³-hybridized carbons (Fsp3) is 0.500. The molecule has 96 valence electrons. The van der Waals surface area contributed by atoms with Gasteiger partial charge in [0.05, 0.1) is 6.23 Å². The molecule has 0 N–H and O–H groups in total. The molecule has 5 heteroatoms. The Balaban J connectivity index is 2.52. The first kappa shape index (κ1) is 14.4. The zero-order chi connectivity index (χ0) is 12.9. The maximum absolute atomic E-state index is 6.02. The van der Waals surface area contributed by atoms with Crippen molar-refractivity contribution in [1.29, 1.82) is 0 Å². The lowest BCUT2D eigenvalue weighted by Gasteiger charge is -2.28. The number of hydrogen-bond donors (Lipinski definition) is 0. The zero-order valence-corrected chi connectivity index (χ0v) is 13.3. The summed E-state index contributed by atoms with van der Waals surface area (Å²) < 4.78 is 17.3. The highest BCUT2D eigenvalue weighted by molar-refractivity contribution is 6.73. The fourth-order valence-corrected chi connectivity index (χ4v) is 4.98. The summed E-state index contributed by atoms with van der Waals surface area (Å²) in [4.78, 5) is 0. The van der Waals surface area contributed by atoms with Crippen LogP contribution in [0.5, 0.6) is 5.75 Å². The van der Waals surface area contributed by atoms with Gasteiger partial charge in [-0.3, -0.25) is 0 Å². The summed E-state index contributed by atoms with van der Waals surface area (Å²) in [5, 5.41) is 0. The first-order valence-electron chi connectivity index (χ1n) is 5.78. The van der Waals surface area contributed by atoms with E-state index in [2.05, 4.69) is 13.1 Å². The predicted molar refractivity (Wildman–Crippen MR) is 75.0 cm³/mol. The number of benzene rings is 1. The van der Waals surface area contributed by atoms with Crippen molar-refractivity contribution in [2.24, 2.45) is 0 Å². The van der Waals surface area contributed by atoms with Crippen LogP contribution in [0.15, 0.2) is 30.3 Å². The van der Waals surface area contributed by atoms with Crippen molar-refractivity contribution in [3.8, 4) is 5.75 Å². The van der Waals surface area contributed by atoms with Crippen LogP contribution in [0.3, 0.4) is 0 Å². The standard InChI is InChI=1S/C12H22O3Si2/c1-13-17(4,5)14-11-16(2,3)15-12-9-7-6-8-10-12/h6-10H,11H2,1-5H3. The Bertz CT molecular complexity index is 339. The van der Waals surface area contributed by atoms with Gasteiger partial charge in [0.1, 0.15) is 5.75 Å². The largest absolute Gasteiger partial charge is 0.542 e. The first-order valence-corrected chi connectivity index (χ1v) is 11.7. The third-order valence-corrected chi connectivity index (χ3v) is 6.14. The molecule has 0 aliphatic rings. The highest BCUT2D eigenvalue weighted by Crippen LogP contribution is 2.17. The molecule has 0 fully saturated rings. The highest BCUT2D eigenvalue weighted by Gasteiger charge is 2.31. The summed E-state index contributed by atoms with van der Waals surface area (Å²) in [7, 11) is -2.08. The lowest BCUT2D eigenvalue weighted by atomic mass is 10.3. The molecule has 0 aliphatic carbocycles. The van der Waals surface area contributed by atoms with E-state index in [9.17, 15) is 0 Å². The molecule has 1 rings (SSSR count). The molecule has 0 unspecified atom stereocenters. The fourth-order valence-electron chi connectivity index (χ4n) is 1.24. The van der Waals surface area contributed by atoms with E-state index in [1.165, 1.54) is 0 Å². The van der Waals surface area contributed by atoms with Crippen LogP contribution in [0, 0.1) is 0 Å². The SMILES string of the molecule is CO[Si](C)(C)OC[Si](C)(C)Oc1ccccc1. The lowest BCUT2D eigenvalue weighted by Crippen LogP contribution is -2.46. The van der Waals surface area contributed by atoms with Gasteiger partial charge in [0, 0.05) is 7.11 Å². The average molecular weight is 270 g/mol. The molecule has 0 aromatic heterocycles. The molecule has 3 nitrogen and oxygen atoms in total. The van der Waals surface area contributed by atoms with Gasteiger partial charge >= 0.3 is 8.56 Å². The van der Waals surface area contributed by atoms with Gasteiger partial charge in [0.15, 0.2) is 0 Å². The number of rotatable bonds is 6. The van der Waals surface area contributed by atoms with Gasteiger partial charge in [0.25, 0.3) is 8.32 Å². The van der Waals surface area contributed by atoms with Gasteiger partial charge in [0.2, 0.25) is 0 Å². The Morgan fingerprint density at radius 3 is 2.12 bits per heavy atom. The van der Waals surface area contributed by atoms with E-state index in [0.29, 0.717) is 6.23 Å². The molecule has 0 atom stereocenters. The van der Waals surface area contributed by atoms with E-state index in [4.69, 9.17) is 13.3 Å². The monoisotopic (exact) mass is 270 g/mol. The van der Waals surface area contributed by atoms with Crippen molar-refractivity contribution in [3.63, 3.8) is 0 Å². The molecule has 0 heterocycles. The van der Waals surface area contributed by atoms with Crippen LogP contribution in [0.25, 0.3) is 0 Å². The molecule has 0 radical (unpaired) electrons. The smallest absolute Gasteiger partial charge is 0.331 e. The van der Waals surface area contributed by atoms with Gasteiger partial charge in [-0.05, 0) is 38.3 Å². The normalized spacial score (nSPS) is 12.5. The summed E-state index contributed by atoms with van der Waals surface area (Å²) in [6.45, 7) is 8.39. The minimum absolute atomic E-state index is 0.662. The van der Waals surface area contributed by atoms with E-state index in [1.54, 1.807) is 7.11 Å². The summed E-state index contributed by atoms with van der Waals surface area (Å²) in [6, 6.07) is 9.91. The molecular weight excluding hydrogens is 248 g/mol. The zero-order valence-electron chi connectivity index (χ0n) is 11.3. The van der Waals surface area contributed by atoms with Crippen molar-refractivity contribution in [1.82, 2.24) is 0 Å². The van der Waals surface area contributed by atoms with Gasteiger partial charge in [-0.1, -0.05) is 18.2 Å². The molecular formula is C12H22O3Si2. The second kappa shape index (κ2) is 5.81. The average Bonchev–Trinajstić information content (AvgIpc) is 2.28. The molecule has 0 amide bonds. The van der Waals surface area contributed by atoms with Crippen LogP contribution in [0.2, 0.25) is 26.2 Å². The van der Waals surface area contributed by atoms with E-state index in [0.717, 1.165) is 5.75 Å². The summed E-state index contributed by atoms with van der Waals surface area (Å²) in [5.74, 6) is 0.921. The summed E-state index contributed by atoms with van der Waals surface area (Å²) >= 11 is 0. The molecule has 0 saturated carbocycles.